The molecule has 1 aliphatic rings. The molecule has 2 nitrogen and oxygen atoms in total. The number of nitrogens with one attached hydrogen (secondary N) is 1. The molecular weight excluding hydrogens is 410 g/mol. The molecule has 1 aliphatic carbocycles. The zero-order valence-corrected chi connectivity index (χ0v) is 18.7. The Hall–Kier alpha value is -2.23. The maximum absolute atomic E-state index is 12.7. The van der Waals surface area contributed by atoms with Crippen molar-refractivity contribution >= 4 is 29.3 Å². The van der Waals surface area contributed by atoms with Crippen molar-refractivity contribution in [3.63, 3.8) is 0 Å². The van der Waals surface area contributed by atoms with Crippen LogP contribution >= 0.6 is 23.4 Å². The van der Waals surface area contributed by atoms with Crippen LogP contribution in [-0.2, 0) is 18.6 Å². The van der Waals surface area contributed by atoms with Gasteiger partial charge in [0.2, 0.25) is 0 Å². The van der Waals surface area contributed by atoms with Crippen molar-refractivity contribution in [2.45, 2.75) is 49.3 Å². The van der Waals surface area contributed by atoms with Crippen LogP contribution in [0.5, 0.6) is 0 Å². The smallest absolute Gasteiger partial charge is 0.251 e. The molecule has 0 fully saturated rings. The van der Waals surface area contributed by atoms with Gasteiger partial charge in [0.05, 0.1) is 6.04 Å². The molecule has 4 rings (SSSR count). The molecular formula is C26H26ClNOS. The molecule has 30 heavy (non-hydrogen) atoms. The van der Waals surface area contributed by atoms with Gasteiger partial charge >= 0.3 is 0 Å². The van der Waals surface area contributed by atoms with Gasteiger partial charge in [0, 0.05) is 21.2 Å². The quantitative estimate of drug-likeness (QED) is 0.422. The van der Waals surface area contributed by atoms with Gasteiger partial charge < -0.3 is 5.32 Å². The SMILES string of the molecule is C[C@@H](NC(=O)c1ccc(CSc2ccc(Cl)cc2)cc1)c1ccc2c(c1)CCCC2. The lowest BCUT2D eigenvalue weighted by molar-refractivity contribution is 0.0940. The Balaban J connectivity index is 1.34. The molecule has 3 aromatic carbocycles. The Bertz CT molecular complexity index is 1010. The van der Waals surface area contributed by atoms with E-state index in [1.807, 2.05) is 48.5 Å². The van der Waals surface area contributed by atoms with E-state index in [1.54, 1.807) is 11.8 Å². The van der Waals surface area contributed by atoms with Crippen molar-refractivity contribution in [1.29, 1.82) is 0 Å². The molecule has 0 heterocycles. The second-order valence-corrected chi connectivity index (χ2v) is 9.36. The highest BCUT2D eigenvalue weighted by molar-refractivity contribution is 7.98. The monoisotopic (exact) mass is 435 g/mol. The van der Waals surface area contributed by atoms with Gasteiger partial charge in [-0.1, -0.05) is 41.9 Å². The Morgan fingerprint density at radius 1 is 0.967 bits per heavy atom. The minimum atomic E-state index is -0.0304. The van der Waals surface area contributed by atoms with Crippen molar-refractivity contribution < 1.29 is 4.79 Å². The number of amides is 1. The van der Waals surface area contributed by atoms with E-state index in [1.165, 1.54) is 46.4 Å². The zero-order chi connectivity index (χ0) is 20.9. The first-order valence-corrected chi connectivity index (χ1v) is 11.8. The molecule has 0 saturated carbocycles. The molecule has 0 bridgehead atoms. The predicted octanol–water partition coefficient (Wildman–Crippen LogP) is 7.00. The summed E-state index contributed by atoms with van der Waals surface area (Å²) >= 11 is 7.69. The molecule has 3 aromatic rings. The Kier molecular flexibility index (Phi) is 6.81. The van der Waals surface area contributed by atoms with Gasteiger partial charge in [-0.3, -0.25) is 4.79 Å². The zero-order valence-electron chi connectivity index (χ0n) is 17.2. The summed E-state index contributed by atoms with van der Waals surface area (Å²) < 4.78 is 0. The summed E-state index contributed by atoms with van der Waals surface area (Å²) in [6.07, 6.45) is 4.88. The van der Waals surface area contributed by atoms with Crippen LogP contribution in [0.4, 0.5) is 0 Å². The second kappa shape index (κ2) is 9.72. The highest BCUT2D eigenvalue weighted by Crippen LogP contribution is 2.26. The van der Waals surface area contributed by atoms with E-state index in [9.17, 15) is 4.79 Å². The summed E-state index contributed by atoms with van der Waals surface area (Å²) in [5.41, 5.74) is 5.98. The summed E-state index contributed by atoms with van der Waals surface area (Å²) in [4.78, 5) is 13.9. The number of fused-ring (bicyclic) bond motifs is 1. The molecule has 1 N–H and O–H groups in total. The fraction of sp³-hybridized carbons (Fsp3) is 0.269. The van der Waals surface area contributed by atoms with Gasteiger partial charge in [-0.25, -0.2) is 0 Å². The average molecular weight is 436 g/mol. The summed E-state index contributed by atoms with van der Waals surface area (Å²) in [6.45, 7) is 2.06. The molecule has 4 heteroatoms. The van der Waals surface area contributed by atoms with Crippen LogP contribution in [0.2, 0.25) is 5.02 Å². The molecule has 0 saturated heterocycles. The lowest BCUT2D eigenvalue weighted by Crippen LogP contribution is -2.26. The van der Waals surface area contributed by atoms with Crippen LogP contribution in [-0.4, -0.2) is 5.91 Å². The summed E-state index contributed by atoms with van der Waals surface area (Å²) in [5, 5.41) is 3.89. The minimum absolute atomic E-state index is 0.00939. The van der Waals surface area contributed by atoms with E-state index in [0.717, 1.165) is 17.2 Å². The number of thioether (sulfide) groups is 1. The van der Waals surface area contributed by atoms with Crippen molar-refractivity contribution in [2.75, 3.05) is 0 Å². The number of carbonyl (C=O) groups excluding carboxylic acids is 1. The number of hydrogen-bond donors (Lipinski definition) is 1. The van der Waals surface area contributed by atoms with Crippen molar-refractivity contribution in [3.8, 4) is 0 Å². The first-order chi connectivity index (χ1) is 14.6. The van der Waals surface area contributed by atoms with E-state index in [0.29, 0.717) is 5.56 Å². The molecule has 1 amide bonds. The van der Waals surface area contributed by atoms with Crippen LogP contribution in [0.15, 0.2) is 71.6 Å². The molecule has 0 unspecified atom stereocenters. The van der Waals surface area contributed by atoms with Crippen molar-refractivity contribution in [1.82, 2.24) is 5.32 Å². The number of rotatable bonds is 6. The van der Waals surface area contributed by atoms with Crippen LogP contribution in [0.1, 0.15) is 58.4 Å². The number of aryl methyl sites for hydroxylation is 2. The number of hydrogen-bond acceptors (Lipinski definition) is 2. The third kappa shape index (κ3) is 5.27. The standard InChI is InChI=1S/C26H26ClNOS/c1-18(22-11-10-20-4-2-3-5-23(20)16-22)28-26(29)21-8-6-19(7-9-21)17-30-25-14-12-24(27)13-15-25/h6-16,18H,2-5,17H2,1H3,(H,28,29)/t18-/m1/s1. The van der Waals surface area contributed by atoms with Gasteiger partial charge in [0.15, 0.2) is 0 Å². The number of benzene rings is 3. The number of halogens is 1. The normalized spacial score (nSPS) is 14.1. The van der Waals surface area contributed by atoms with Gasteiger partial charge in [-0.15, -0.1) is 11.8 Å². The minimum Gasteiger partial charge on any atom is -0.346 e. The van der Waals surface area contributed by atoms with Crippen LogP contribution in [0, 0.1) is 0 Å². The van der Waals surface area contributed by atoms with Crippen LogP contribution < -0.4 is 5.32 Å². The van der Waals surface area contributed by atoms with E-state index in [2.05, 4.69) is 30.4 Å². The Morgan fingerprint density at radius 3 is 2.40 bits per heavy atom. The third-order valence-corrected chi connectivity index (χ3v) is 6.99. The second-order valence-electron chi connectivity index (χ2n) is 7.87. The van der Waals surface area contributed by atoms with Gasteiger partial charge in [0.25, 0.3) is 5.91 Å². The first kappa shape index (κ1) is 21.0. The van der Waals surface area contributed by atoms with Crippen LogP contribution in [0.3, 0.4) is 0 Å². The summed E-state index contributed by atoms with van der Waals surface area (Å²) in [5.74, 6) is 0.826. The highest BCUT2D eigenvalue weighted by atomic mass is 35.5. The predicted molar refractivity (Wildman–Crippen MR) is 126 cm³/mol. The maximum atomic E-state index is 12.7. The first-order valence-electron chi connectivity index (χ1n) is 10.5. The summed E-state index contributed by atoms with van der Waals surface area (Å²) in [7, 11) is 0. The maximum Gasteiger partial charge on any atom is 0.251 e. The van der Waals surface area contributed by atoms with Gasteiger partial charge in [-0.2, -0.15) is 0 Å². The van der Waals surface area contributed by atoms with Crippen molar-refractivity contribution in [3.05, 3.63) is 99.6 Å². The molecule has 0 aromatic heterocycles. The largest absolute Gasteiger partial charge is 0.346 e. The molecule has 154 valence electrons. The van der Waals surface area contributed by atoms with Crippen molar-refractivity contribution in [2.24, 2.45) is 0 Å². The van der Waals surface area contributed by atoms with Gasteiger partial charge in [-0.05, 0) is 91.3 Å². The highest BCUT2D eigenvalue weighted by Gasteiger charge is 2.15. The molecule has 0 aliphatic heterocycles. The topological polar surface area (TPSA) is 29.1 Å². The van der Waals surface area contributed by atoms with Gasteiger partial charge in [0.1, 0.15) is 0 Å². The summed E-state index contributed by atoms with van der Waals surface area (Å²) in [6, 6.07) is 22.4. The molecule has 1 atom stereocenters. The number of carbonyl (C=O) groups is 1. The fourth-order valence-corrected chi connectivity index (χ4v) is 4.82. The fourth-order valence-electron chi connectivity index (χ4n) is 3.84. The molecule has 0 spiro atoms. The van der Waals surface area contributed by atoms with E-state index in [-0.39, 0.29) is 11.9 Å². The van der Waals surface area contributed by atoms with E-state index in [4.69, 9.17) is 11.6 Å². The Labute approximate surface area is 188 Å². The third-order valence-electron chi connectivity index (χ3n) is 5.66. The van der Waals surface area contributed by atoms with E-state index >= 15 is 0 Å². The lowest BCUT2D eigenvalue weighted by Gasteiger charge is -2.20. The van der Waals surface area contributed by atoms with E-state index < -0.39 is 0 Å². The average Bonchev–Trinajstić information content (AvgIpc) is 2.78. The van der Waals surface area contributed by atoms with Crippen LogP contribution in [0.25, 0.3) is 0 Å². The Morgan fingerprint density at radius 2 is 1.67 bits per heavy atom. The molecule has 0 radical (unpaired) electrons. The lowest BCUT2D eigenvalue weighted by atomic mass is 9.89.